The van der Waals surface area contributed by atoms with Gasteiger partial charge in [-0.2, -0.15) is 0 Å². The summed E-state index contributed by atoms with van der Waals surface area (Å²) in [5.41, 5.74) is 0. The minimum atomic E-state index is 0.840. The molecule has 94 valence electrons. The van der Waals surface area contributed by atoms with Crippen LogP contribution in [0, 0.1) is 11.8 Å². The highest BCUT2D eigenvalue weighted by Crippen LogP contribution is 2.24. The Bertz CT molecular complexity index is 151. The highest BCUT2D eigenvalue weighted by atomic mass is 14.2. The van der Waals surface area contributed by atoms with Gasteiger partial charge in [0.05, 0.1) is 0 Å². The Labute approximate surface area is 103 Å². The van der Waals surface area contributed by atoms with Crippen LogP contribution < -0.4 is 0 Å². The van der Waals surface area contributed by atoms with Crippen LogP contribution >= 0.6 is 0 Å². The first kappa shape index (κ1) is 15.5. The average molecular weight is 222 g/mol. The van der Waals surface area contributed by atoms with Crippen molar-refractivity contribution in [1.82, 2.24) is 0 Å². The molecule has 0 N–H and O–H groups in total. The molecule has 0 saturated heterocycles. The van der Waals surface area contributed by atoms with E-state index in [1.807, 2.05) is 12.2 Å². The third-order valence-electron chi connectivity index (χ3n) is 3.41. The highest BCUT2D eigenvalue weighted by molar-refractivity contribution is 4.70. The fourth-order valence-electron chi connectivity index (χ4n) is 2.20. The summed E-state index contributed by atoms with van der Waals surface area (Å²) in [5, 5.41) is 0. The summed E-state index contributed by atoms with van der Waals surface area (Å²) in [6.07, 6.45) is 14.6. The van der Waals surface area contributed by atoms with Crippen molar-refractivity contribution in [3.63, 3.8) is 0 Å². The van der Waals surface area contributed by atoms with Crippen LogP contribution in [0.25, 0.3) is 0 Å². The van der Waals surface area contributed by atoms with Crippen LogP contribution in [0.1, 0.15) is 65.2 Å². The molecule has 0 aliphatic heterocycles. The van der Waals surface area contributed by atoms with Gasteiger partial charge >= 0.3 is 0 Å². The number of hydrogen-bond donors (Lipinski definition) is 0. The molecule has 0 fully saturated rings. The lowest BCUT2D eigenvalue weighted by Gasteiger charge is -2.20. The topological polar surface area (TPSA) is 0 Å². The Morgan fingerprint density at radius 1 is 0.812 bits per heavy atom. The van der Waals surface area contributed by atoms with E-state index in [4.69, 9.17) is 0 Å². The van der Waals surface area contributed by atoms with Crippen LogP contribution in [-0.2, 0) is 0 Å². The summed E-state index contributed by atoms with van der Waals surface area (Å²) in [7, 11) is 0. The zero-order valence-electron chi connectivity index (χ0n) is 11.4. The minimum Gasteiger partial charge on any atom is -0.103 e. The molecule has 0 heteroatoms. The maximum atomic E-state index is 3.77. The second-order valence-electron chi connectivity index (χ2n) is 5.15. The van der Waals surface area contributed by atoms with Gasteiger partial charge in [0.1, 0.15) is 0 Å². The van der Waals surface area contributed by atoms with Crippen molar-refractivity contribution in [1.29, 1.82) is 0 Å². The lowest BCUT2D eigenvalue weighted by molar-refractivity contribution is 0.317. The average Bonchev–Trinajstić information content (AvgIpc) is 2.26. The van der Waals surface area contributed by atoms with E-state index < -0.39 is 0 Å². The van der Waals surface area contributed by atoms with E-state index in [0.29, 0.717) is 0 Å². The molecule has 0 saturated carbocycles. The van der Waals surface area contributed by atoms with Gasteiger partial charge in [0.25, 0.3) is 0 Å². The van der Waals surface area contributed by atoms with Gasteiger partial charge in [-0.25, -0.2) is 0 Å². The number of allylic oxidation sites excluding steroid dienone is 2. The fourth-order valence-corrected chi connectivity index (χ4v) is 2.20. The molecular weight excluding hydrogens is 192 g/mol. The van der Waals surface area contributed by atoms with Gasteiger partial charge in [0, 0.05) is 0 Å². The molecule has 0 spiro atoms. The molecule has 0 aromatic heterocycles. The van der Waals surface area contributed by atoms with E-state index in [0.717, 1.165) is 11.8 Å². The normalized spacial score (nSPS) is 11.0. The van der Waals surface area contributed by atoms with Crippen LogP contribution in [0.3, 0.4) is 0 Å². The lowest BCUT2D eigenvalue weighted by atomic mass is 9.86. The van der Waals surface area contributed by atoms with Crippen LogP contribution in [0.15, 0.2) is 25.3 Å². The van der Waals surface area contributed by atoms with E-state index in [1.165, 1.54) is 51.4 Å². The summed E-state index contributed by atoms with van der Waals surface area (Å²) in [4.78, 5) is 0. The summed E-state index contributed by atoms with van der Waals surface area (Å²) in [6, 6.07) is 0. The molecule has 0 rings (SSSR count). The van der Waals surface area contributed by atoms with Gasteiger partial charge in [0.2, 0.25) is 0 Å². The first-order valence-corrected chi connectivity index (χ1v) is 6.94. The Morgan fingerprint density at radius 3 is 1.56 bits per heavy atom. The van der Waals surface area contributed by atoms with Crippen molar-refractivity contribution in [2.75, 3.05) is 0 Å². The molecule has 0 aliphatic rings. The van der Waals surface area contributed by atoms with Gasteiger partial charge in [-0.05, 0) is 37.5 Å². The largest absolute Gasteiger partial charge is 0.103 e. The zero-order valence-corrected chi connectivity index (χ0v) is 11.4. The van der Waals surface area contributed by atoms with Gasteiger partial charge in [-0.15, -0.1) is 13.2 Å². The summed E-state index contributed by atoms with van der Waals surface area (Å²) in [6.45, 7) is 12.3. The molecule has 16 heavy (non-hydrogen) atoms. The predicted molar refractivity (Wildman–Crippen MR) is 75.7 cm³/mol. The van der Waals surface area contributed by atoms with Crippen LogP contribution in [0.4, 0.5) is 0 Å². The van der Waals surface area contributed by atoms with E-state index >= 15 is 0 Å². The van der Waals surface area contributed by atoms with Crippen molar-refractivity contribution in [3.05, 3.63) is 25.3 Å². The number of hydrogen-bond acceptors (Lipinski definition) is 0. The highest BCUT2D eigenvalue weighted by Gasteiger charge is 2.12. The molecule has 0 nitrogen and oxygen atoms in total. The van der Waals surface area contributed by atoms with Crippen LogP contribution in [0.5, 0.6) is 0 Å². The smallest absolute Gasteiger partial charge is 0.0353 e. The Balaban J connectivity index is 3.62. The predicted octanol–water partition coefficient (Wildman–Crippen LogP) is 5.75. The summed E-state index contributed by atoms with van der Waals surface area (Å²) in [5.74, 6) is 1.77. The van der Waals surface area contributed by atoms with E-state index in [2.05, 4.69) is 27.0 Å². The Hall–Kier alpha value is -0.520. The molecular formula is C16H30. The maximum Gasteiger partial charge on any atom is -0.0353 e. The van der Waals surface area contributed by atoms with Crippen molar-refractivity contribution in [2.45, 2.75) is 65.2 Å². The van der Waals surface area contributed by atoms with Gasteiger partial charge < -0.3 is 0 Å². The molecule has 0 unspecified atom stereocenters. The number of rotatable bonds is 11. The molecule has 0 bridgehead atoms. The third kappa shape index (κ3) is 8.76. The standard InChI is InChI=1S/C16H30/c1-5-7-9-11-13-16(15(3)4)14-12-10-8-6-2/h5-6,15-16H,1-2,7-14H2,3-4H3. The minimum absolute atomic E-state index is 0.840. The van der Waals surface area contributed by atoms with Gasteiger partial charge in [-0.1, -0.05) is 51.7 Å². The second-order valence-corrected chi connectivity index (χ2v) is 5.15. The molecule has 0 aromatic rings. The van der Waals surface area contributed by atoms with Gasteiger partial charge in [-0.3, -0.25) is 0 Å². The zero-order chi connectivity index (χ0) is 12.2. The molecule has 0 heterocycles. The molecule has 0 atom stereocenters. The summed E-state index contributed by atoms with van der Waals surface area (Å²) < 4.78 is 0. The van der Waals surface area contributed by atoms with E-state index in [1.54, 1.807) is 0 Å². The first-order chi connectivity index (χ1) is 7.72. The Kier molecular flexibility index (Phi) is 10.6. The second kappa shape index (κ2) is 11.0. The van der Waals surface area contributed by atoms with E-state index in [9.17, 15) is 0 Å². The van der Waals surface area contributed by atoms with Crippen molar-refractivity contribution < 1.29 is 0 Å². The lowest BCUT2D eigenvalue weighted by Crippen LogP contribution is -2.08. The van der Waals surface area contributed by atoms with Crippen LogP contribution in [0.2, 0.25) is 0 Å². The molecule has 0 aromatic carbocycles. The monoisotopic (exact) mass is 222 g/mol. The van der Waals surface area contributed by atoms with Crippen molar-refractivity contribution in [2.24, 2.45) is 11.8 Å². The third-order valence-corrected chi connectivity index (χ3v) is 3.41. The maximum absolute atomic E-state index is 3.77. The van der Waals surface area contributed by atoms with Gasteiger partial charge in [0.15, 0.2) is 0 Å². The van der Waals surface area contributed by atoms with Crippen molar-refractivity contribution in [3.8, 4) is 0 Å². The SMILES string of the molecule is C=CCCCCC(CCCCC=C)C(C)C. The quantitative estimate of drug-likeness (QED) is 0.308. The summed E-state index contributed by atoms with van der Waals surface area (Å²) >= 11 is 0. The van der Waals surface area contributed by atoms with Crippen molar-refractivity contribution >= 4 is 0 Å². The first-order valence-electron chi connectivity index (χ1n) is 6.94. The fraction of sp³-hybridized carbons (Fsp3) is 0.750. The van der Waals surface area contributed by atoms with E-state index in [-0.39, 0.29) is 0 Å². The molecule has 0 amide bonds. The number of unbranched alkanes of at least 4 members (excludes halogenated alkanes) is 4. The molecule has 0 radical (unpaired) electrons. The molecule has 0 aliphatic carbocycles. The Morgan fingerprint density at radius 2 is 1.25 bits per heavy atom. The van der Waals surface area contributed by atoms with Crippen LogP contribution in [-0.4, -0.2) is 0 Å².